The Morgan fingerprint density at radius 1 is 1.18 bits per heavy atom. The van der Waals surface area contributed by atoms with E-state index in [0.717, 1.165) is 10.9 Å². The second kappa shape index (κ2) is 9.90. The number of hydrogen-bond donors (Lipinski definition) is 3. The summed E-state index contributed by atoms with van der Waals surface area (Å²) in [6, 6.07) is 14.4. The Labute approximate surface area is 198 Å². The van der Waals surface area contributed by atoms with Crippen LogP contribution in [0.15, 0.2) is 63.9 Å². The third-order valence-electron chi connectivity index (χ3n) is 5.10. The van der Waals surface area contributed by atoms with Crippen LogP contribution in [0.25, 0.3) is 33.4 Å². The van der Waals surface area contributed by atoms with Gasteiger partial charge in [-0.05, 0) is 30.7 Å². The highest BCUT2D eigenvalue weighted by atomic mass is 35.5. The first-order valence-electron chi connectivity index (χ1n) is 10.4. The third kappa shape index (κ3) is 4.70. The fourth-order valence-corrected chi connectivity index (χ4v) is 3.79. The molecule has 0 bridgehead atoms. The number of nitrogens with zero attached hydrogens (tertiary/aromatic N) is 1. The fourth-order valence-electron chi connectivity index (χ4n) is 3.62. The summed E-state index contributed by atoms with van der Waals surface area (Å²) >= 11 is 6.24. The summed E-state index contributed by atoms with van der Waals surface area (Å²) in [6.07, 6.45) is 0. The first-order chi connectivity index (χ1) is 16.4. The molecule has 2 aromatic carbocycles. The van der Waals surface area contributed by atoms with Gasteiger partial charge in [-0.15, -0.1) is 0 Å². The van der Waals surface area contributed by atoms with Crippen LogP contribution in [0.2, 0.25) is 5.02 Å². The first kappa shape index (κ1) is 23.2. The van der Waals surface area contributed by atoms with E-state index in [4.69, 9.17) is 20.9 Å². The predicted octanol–water partition coefficient (Wildman–Crippen LogP) is 3.61. The van der Waals surface area contributed by atoms with E-state index in [1.807, 2.05) is 30.3 Å². The van der Waals surface area contributed by atoms with Gasteiger partial charge in [0.1, 0.15) is 0 Å². The van der Waals surface area contributed by atoms with Crippen molar-refractivity contribution < 1.29 is 24.0 Å². The van der Waals surface area contributed by atoms with Crippen molar-refractivity contribution in [2.45, 2.75) is 19.5 Å². The van der Waals surface area contributed by atoms with Crippen LogP contribution in [-0.2, 0) is 20.9 Å². The molecule has 2 aromatic heterocycles. The summed E-state index contributed by atoms with van der Waals surface area (Å²) in [5.74, 6) is -2.11. The minimum atomic E-state index is -1.56. The Balaban J connectivity index is 1.75. The number of pyridine rings is 1. The van der Waals surface area contributed by atoms with Crippen LogP contribution in [0.5, 0.6) is 0 Å². The van der Waals surface area contributed by atoms with Gasteiger partial charge in [-0.25, -0.2) is 9.59 Å². The summed E-state index contributed by atoms with van der Waals surface area (Å²) in [5.41, 5.74) is 2.17. The van der Waals surface area contributed by atoms with Crippen LogP contribution in [-0.4, -0.2) is 39.8 Å². The van der Waals surface area contributed by atoms with Gasteiger partial charge in [0.25, 0.3) is 5.56 Å². The molecule has 34 heavy (non-hydrogen) atoms. The van der Waals surface area contributed by atoms with E-state index in [2.05, 4.69) is 15.5 Å². The van der Waals surface area contributed by atoms with Crippen molar-refractivity contribution in [1.29, 1.82) is 0 Å². The molecule has 10 heteroatoms. The fraction of sp³-hybridized carbons (Fsp3) is 0.167. The van der Waals surface area contributed by atoms with Crippen LogP contribution in [0.1, 0.15) is 12.6 Å². The lowest BCUT2D eigenvalue weighted by Crippen LogP contribution is -2.44. The van der Waals surface area contributed by atoms with Crippen LogP contribution in [0, 0.1) is 0 Å². The summed E-state index contributed by atoms with van der Waals surface area (Å²) in [5, 5.41) is 17.0. The van der Waals surface area contributed by atoms with Crippen molar-refractivity contribution in [3.8, 4) is 22.5 Å². The van der Waals surface area contributed by atoms with E-state index in [9.17, 15) is 19.5 Å². The molecule has 0 fully saturated rings. The van der Waals surface area contributed by atoms with Gasteiger partial charge in [-0.3, -0.25) is 10.1 Å². The van der Waals surface area contributed by atoms with E-state index in [1.165, 1.54) is 6.07 Å². The average Bonchev–Trinajstić information content (AvgIpc) is 3.27. The molecule has 0 aliphatic rings. The molecule has 1 atom stereocenters. The van der Waals surface area contributed by atoms with Gasteiger partial charge in [-0.1, -0.05) is 47.1 Å². The number of carboxylic acids is 1. The molecule has 174 valence electrons. The van der Waals surface area contributed by atoms with Crippen LogP contribution >= 0.6 is 11.6 Å². The second-order valence-electron chi connectivity index (χ2n) is 7.35. The van der Waals surface area contributed by atoms with Gasteiger partial charge < -0.3 is 19.4 Å². The number of carboxylic acid groups (broad SMARTS) is 1. The quantitative estimate of drug-likeness (QED) is 0.256. The zero-order valence-electron chi connectivity index (χ0n) is 18.0. The van der Waals surface area contributed by atoms with Gasteiger partial charge in [-0.2, -0.15) is 0 Å². The van der Waals surface area contributed by atoms with E-state index in [1.54, 1.807) is 25.1 Å². The lowest BCUT2D eigenvalue weighted by atomic mass is 9.95. The van der Waals surface area contributed by atoms with Crippen molar-refractivity contribution >= 4 is 34.4 Å². The van der Waals surface area contributed by atoms with E-state index < -0.39 is 18.0 Å². The van der Waals surface area contributed by atoms with E-state index >= 15 is 0 Å². The maximum Gasteiger partial charge on any atom is 0.334 e. The number of aromatic amines is 1. The lowest BCUT2D eigenvalue weighted by molar-refractivity contribution is -0.154. The van der Waals surface area contributed by atoms with Crippen LogP contribution < -0.4 is 10.9 Å². The number of nitrogens with one attached hydrogen (secondary N) is 2. The van der Waals surface area contributed by atoms with Gasteiger partial charge in [0.2, 0.25) is 6.04 Å². The zero-order chi connectivity index (χ0) is 24.2. The van der Waals surface area contributed by atoms with Crippen LogP contribution in [0.4, 0.5) is 0 Å². The number of H-pyrrole nitrogens is 1. The molecule has 0 radical (unpaired) electrons. The number of aliphatic carboxylic acids is 1. The van der Waals surface area contributed by atoms with Crippen molar-refractivity contribution in [3.63, 3.8) is 0 Å². The summed E-state index contributed by atoms with van der Waals surface area (Å²) in [7, 11) is 0. The molecule has 2 heterocycles. The molecular weight excluding hydrogens is 462 g/mol. The number of fused-ring (bicyclic) bond motifs is 1. The van der Waals surface area contributed by atoms with E-state index in [-0.39, 0.29) is 30.0 Å². The normalized spacial score (nSPS) is 11.9. The predicted molar refractivity (Wildman–Crippen MR) is 125 cm³/mol. The molecule has 0 aliphatic carbocycles. The Bertz CT molecular complexity index is 1410. The number of hydrogen-bond acceptors (Lipinski definition) is 7. The van der Waals surface area contributed by atoms with Crippen molar-refractivity contribution in [1.82, 2.24) is 15.5 Å². The van der Waals surface area contributed by atoms with Crippen molar-refractivity contribution in [2.75, 3.05) is 6.61 Å². The third-order valence-corrected chi connectivity index (χ3v) is 5.34. The molecule has 4 rings (SSSR count). The van der Waals surface area contributed by atoms with Gasteiger partial charge in [0.05, 0.1) is 17.9 Å². The van der Waals surface area contributed by atoms with Crippen molar-refractivity contribution in [2.24, 2.45) is 0 Å². The summed E-state index contributed by atoms with van der Waals surface area (Å²) < 4.78 is 10.2. The minimum absolute atomic E-state index is 0.0510. The maximum atomic E-state index is 13.1. The number of carbonyl (C=O) groups is 2. The highest BCUT2D eigenvalue weighted by Gasteiger charge is 2.28. The van der Waals surface area contributed by atoms with Gasteiger partial charge in [0, 0.05) is 34.1 Å². The topological polar surface area (TPSA) is 135 Å². The summed E-state index contributed by atoms with van der Waals surface area (Å²) in [4.78, 5) is 39.2. The molecule has 3 N–H and O–H groups in total. The minimum Gasteiger partial charge on any atom is -0.480 e. The Kier molecular flexibility index (Phi) is 6.76. The molecule has 0 amide bonds. The molecular formula is C24H20ClN3O6. The molecule has 0 saturated carbocycles. The average molecular weight is 482 g/mol. The number of benzene rings is 2. The summed E-state index contributed by atoms with van der Waals surface area (Å²) in [6.45, 7) is 1.53. The maximum absolute atomic E-state index is 13.1. The largest absolute Gasteiger partial charge is 0.480 e. The molecule has 9 nitrogen and oxygen atoms in total. The number of halogens is 1. The number of aromatic nitrogens is 2. The SMILES string of the molecule is CCOC(=O)C(NCc1cc(-c2c(-c3ccccc3)c3cc(Cl)ccc3[nH]c2=O)on1)C(=O)O. The van der Waals surface area contributed by atoms with Crippen LogP contribution in [0.3, 0.4) is 0 Å². The smallest absolute Gasteiger partial charge is 0.334 e. The lowest BCUT2D eigenvalue weighted by Gasteiger charge is -2.12. The molecule has 0 aliphatic heterocycles. The molecule has 4 aromatic rings. The number of ether oxygens (including phenoxy) is 1. The second-order valence-corrected chi connectivity index (χ2v) is 7.78. The zero-order valence-corrected chi connectivity index (χ0v) is 18.8. The Hall–Kier alpha value is -3.95. The Morgan fingerprint density at radius 3 is 2.65 bits per heavy atom. The van der Waals surface area contributed by atoms with Crippen molar-refractivity contribution in [3.05, 3.63) is 75.7 Å². The highest BCUT2D eigenvalue weighted by molar-refractivity contribution is 6.31. The monoisotopic (exact) mass is 481 g/mol. The van der Waals surface area contributed by atoms with E-state index in [0.29, 0.717) is 21.8 Å². The number of esters is 1. The first-order valence-corrected chi connectivity index (χ1v) is 10.8. The molecule has 0 saturated heterocycles. The van der Waals surface area contributed by atoms with Gasteiger partial charge in [0.15, 0.2) is 5.76 Å². The van der Waals surface area contributed by atoms with Gasteiger partial charge >= 0.3 is 11.9 Å². The highest BCUT2D eigenvalue weighted by Crippen LogP contribution is 2.36. The number of carbonyl (C=O) groups excluding carboxylic acids is 1. The molecule has 0 spiro atoms. The molecule has 1 unspecified atom stereocenters. The number of rotatable bonds is 8. The Morgan fingerprint density at radius 2 is 1.94 bits per heavy atom. The standard InChI is InChI=1S/C24H20ClN3O6/c1-2-33-24(32)21(23(30)31)26-12-15-11-18(34-28-15)20-19(13-6-4-3-5-7-13)16-10-14(25)8-9-17(16)27-22(20)29/h3-11,21,26H,2,12H2,1H3,(H,27,29)(H,30,31).